The molecule has 26 heavy (non-hydrogen) atoms. The van der Waals surface area contributed by atoms with E-state index in [2.05, 4.69) is 25.6 Å². The Labute approximate surface area is 154 Å². The molecule has 3 rings (SSSR count). The van der Waals surface area contributed by atoms with Crippen LogP contribution in [-0.2, 0) is 9.59 Å². The number of hydrogen-bond acceptors (Lipinski definition) is 8. The maximum atomic E-state index is 12.0. The highest BCUT2D eigenvalue weighted by Crippen LogP contribution is 2.26. The number of benzene rings is 1. The number of para-hydroxylation sites is 1. The Hall–Kier alpha value is -2.92. The van der Waals surface area contributed by atoms with Crippen LogP contribution in [0.25, 0.3) is 10.2 Å². The van der Waals surface area contributed by atoms with E-state index in [1.165, 1.54) is 18.3 Å². The Morgan fingerprint density at radius 2 is 2.04 bits per heavy atom. The molecule has 0 aliphatic heterocycles. The van der Waals surface area contributed by atoms with E-state index in [0.717, 1.165) is 22.0 Å². The second-order valence-electron chi connectivity index (χ2n) is 5.07. The third-order valence-electron chi connectivity index (χ3n) is 3.06. The van der Waals surface area contributed by atoms with Crippen molar-refractivity contribution in [3.05, 3.63) is 34.6 Å². The summed E-state index contributed by atoms with van der Waals surface area (Å²) in [5.41, 5.74) is -0.243. The number of H-pyrrole nitrogens is 1. The van der Waals surface area contributed by atoms with Crippen LogP contribution in [0.4, 0.5) is 10.8 Å². The van der Waals surface area contributed by atoms with Crippen molar-refractivity contribution in [3.8, 4) is 5.88 Å². The summed E-state index contributed by atoms with van der Waals surface area (Å²) in [7, 11) is 0. The topological polar surface area (TPSA) is 137 Å². The number of aromatic nitrogens is 3. The fourth-order valence-electron chi connectivity index (χ4n) is 2.01. The number of amides is 2. The molecule has 11 heteroatoms. The summed E-state index contributed by atoms with van der Waals surface area (Å²) >= 11 is 2.29. The lowest BCUT2D eigenvalue weighted by Gasteiger charge is -2.05. The normalized spacial score (nSPS) is 10.7. The van der Waals surface area contributed by atoms with E-state index in [0.29, 0.717) is 5.13 Å². The van der Waals surface area contributed by atoms with E-state index in [1.54, 1.807) is 0 Å². The van der Waals surface area contributed by atoms with Gasteiger partial charge in [0.2, 0.25) is 17.7 Å². The number of aromatic amines is 1. The molecule has 0 aliphatic carbocycles. The SMILES string of the molecule is CC(=O)Nc1c(O)nc(SCC(=O)Nc2nc3ccccc3s2)[nH]c1=O. The number of carbonyl (C=O) groups is 2. The first-order valence-electron chi connectivity index (χ1n) is 7.31. The lowest BCUT2D eigenvalue weighted by molar-refractivity contribution is -0.114. The van der Waals surface area contributed by atoms with Crippen molar-refractivity contribution in [2.75, 3.05) is 16.4 Å². The van der Waals surface area contributed by atoms with E-state index in [4.69, 9.17) is 0 Å². The molecule has 2 amide bonds. The third-order valence-corrected chi connectivity index (χ3v) is 4.88. The highest BCUT2D eigenvalue weighted by Gasteiger charge is 2.14. The van der Waals surface area contributed by atoms with E-state index >= 15 is 0 Å². The smallest absolute Gasteiger partial charge is 0.279 e. The lowest BCUT2D eigenvalue weighted by Crippen LogP contribution is -2.19. The van der Waals surface area contributed by atoms with E-state index in [-0.39, 0.29) is 22.5 Å². The van der Waals surface area contributed by atoms with Crippen LogP contribution >= 0.6 is 23.1 Å². The molecule has 0 bridgehead atoms. The van der Waals surface area contributed by atoms with Gasteiger partial charge in [-0.15, -0.1) is 0 Å². The van der Waals surface area contributed by atoms with Gasteiger partial charge in [0.15, 0.2) is 16.0 Å². The molecule has 2 aromatic heterocycles. The minimum atomic E-state index is -0.707. The van der Waals surface area contributed by atoms with E-state index in [9.17, 15) is 19.5 Å². The lowest BCUT2D eigenvalue weighted by atomic mass is 10.3. The maximum absolute atomic E-state index is 12.0. The van der Waals surface area contributed by atoms with Crippen LogP contribution in [0.2, 0.25) is 0 Å². The molecule has 0 unspecified atom stereocenters. The van der Waals surface area contributed by atoms with Gasteiger partial charge in [-0.2, -0.15) is 4.98 Å². The summed E-state index contributed by atoms with van der Waals surface area (Å²) in [6, 6.07) is 7.51. The van der Waals surface area contributed by atoms with Crippen molar-refractivity contribution in [1.82, 2.24) is 15.0 Å². The molecule has 134 valence electrons. The molecular formula is C15H13N5O4S2. The van der Waals surface area contributed by atoms with E-state index < -0.39 is 17.3 Å². The number of anilines is 2. The summed E-state index contributed by atoms with van der Waals surface area (Å²) in [5, 5.41) is 15.1. The molecule has 0 aliphatic rings. The Morgan fingerprint density at radius 3 is 2.73 bits per heavy atom. The fourth-order valence-corrected chi connectivity index (χ4v) is 3.55. The zero-order valence-corrected chi connectivity index (χ0v) is 15.0. The van der Waals surface area contributed by atoms with Crippen LogP contribution in [0.15, 0.2) is 34.2 Å². The Morgan fingerprint density at radius 1 is 1.27 bits per heavy atom. The molecular weight excluding hydrogens is 378 g/mol. The molecule has 4 N–H and O–H groups in total. The van der Waals surface area contributed by atoms with Crippen LogP contribution in [0.5, 0.6) is 5.88 Å². The van der Waals surface area contributed by atoms with Gasteiger partial charge in [-0.3, -0.25) is 19.4 Å². The number of aromatic hydroxyl groups is 1. The van der Waals surface area contributed by atoms with Crippen molar-refractivity contribution < 1.29 is 14.7 Å². The van der Waals surface area contributed by atoms with Crippen molar-refractivity contribution in [2.45, 2.75) is 12.1 Å². The van der Waals surface area contributed by atoms with Gasteiger partial charge in [0.25, 0.3) is 5.56 Å². The Balaban J connectivity index is 1.64. The molecule has 3 aromatic rings. The van der Waals surface area contributed by atoms with Crippen molar-refractivity contribution in [1.29, 1.82) is 0 Å². The summed E-state index contributed by atoms with van der Waals surface area (Å²) in [5.74, 6) is -1.50. The van der Waals surface area contributed by atoms with Gasteiger partial charge in [0.1, 0.15) is 0 Å². The average molecular weight is 391 g/mol. The quantitative estimate of drug-likeness (QED) is 0.384. The first kappa shape index (κ1) is 17.9. The largest absolute Gasteiger partial charge is 0.492 e. The summed E-state index contributed by atoms with van der Waals surface area (Å²) in [6.45, 7) is 1.20. The molecule has 1 aromatic carbocycles. The zero-order chi connectivity index (χ0) is 18.7. The summed E-state index contributed by atoms with van der Waals surface area (Å²) in [6.07, 6.45) is 0. The summed E-state index contributed by atoms with van der Waals surface area (Å²) in [4.78, 5) is 45.3. The van der Waals surface area contributed by atoms with Gasteiger partial charge >= 0.3 is 0 Å². The summed E-state index contributed by atoms with van der Waals surface area (Å²) < 4.78 is 0.958. The molecule has 0 radical (unpaired) electrons. The number of fused-ring (bicyclic) bond motifs is 1. The molecule has 0 fully saturated rings. The number of thiazole rings is 1. The minimum absolute atomic E-state index is 0.0439. The maximum Gasteiger partial charge on any atom is 0.279 e. The molecule has 0 spiro atoms. The van der Waals surface area contributed by atoms with Gasteiger partial charge in [0.05, 0.1) is 16.0 Å². The van der Waals surface area contributed by atoms with Crippen molar-refractivity contribution in [3.63, 3.8) is 0 Å². The van der Waals surface area contributed by atoms with Crippen LogP contribution in [0, 0.1) is 0 Å². The Bertz CT molecular complexity index is 1010. The minimum Gasteiger partial charge on any atom is -0.492 e. The highest BCUT2D eigenvalue weighted by molar-refractivity contribution is 7.99. The third kappa shape index (κ3) is 4.18. The van der Waals surface area contributed by atoms with Crippen LogP contribution in [0.3, 0.4) is 0 Å². The predicted octanol–water partition coefficient (Wildman–Crippen LogP) is 1.77. The first-order chi connectivity index (χ1) is 12.4. The molecule has 0 atom stereocenters. The zero-order valence-electron chi connectivity index (χ0n) is 13.4. The van der Waals surface area contributed by atoms with E-state index in [1.807, 2.05) is 24.3 Å². The number of hydrogen-bond donors (Lipinski definition) is 4. The number of rotatable bonds is 5. The second kappa shape index (κ2) is 7.54. The van der Waals surface area contributed by atoms with Crippen LogP contribution < -0.4 is 16.2 Å². The second-order valence-corrected chi connectivity index (χ2v) is 7.07. The number of nitrogens with one attached hydrogen (secondary N) is 3. The van der Waals surface area contributed by atoms with Crippen LogP contribution in [-0.4, -0.2) is 37.6 Å². The average Bonchev–Trinajstić information content (AvgIpc) is 2.98. The molecule has 0 saturated carbocycles. The van der Waals surface area contributed by atoms with Gasteiger partial charge in [0, 0.05) is 6.92 Å². The van der Waals surface area contributed by atoms with Gasteiger partial charge in [-0.1, -0.05) is 35.2 Å². The molecule has 0 saturated heterocycles. The van der Waals surface area contributed by atoms with Gasteiger partial charge in [-0.25, -0.2) is 4.98 Å². The van der Waals surface area contributed by atoms with Gasteiger partial charge < -0.3 is 15.7 Å². The molecule has 2 heterocycles. The van der Waals surface area contributed by atoms with Crippen molar-refractivity contribution in [2.24, 2.45) is 0 Å². The fraction of sp³-hybridized carbons (Fsp3) is 0.133. The molecule has 9 nitrogen and oxygen atoms in total. The van der Waals surface area contributed by atoms with Crippen LogP contribution in [0.1, 0.15) is 6.92 Å². The highest BCUT2D eigenvalue weighted by atomic mass is 32.2. The first-order valence-corrected chi connectivity index (χ1v) is 9.11. The number of thioether (sulfide) groups is 1. The van der Waals surface area contributed by atoms with Gasteiger partial charge in [-0.05, 0) is 12.1 Å². The Kier molecular flexibility index (Phi) is 5.19. The standard InChI is InChI=1S/C15H13N5O4S2/c1-7(21)16-11-12(23)19-14(20-13(11)24)25-6-10(22)18-15-17-8-4-2-3-5-9(8)26-15/h2-5H,6H2,1H3,(H,16,21)(H,17,18,22)(H2,19,20,23,24). The van der Waals surface area contributed by atoms with Crippen molar-refractivity contribution >= 4 is 55.9 Å². The number of carbonyl (C=O) groups excluding carboxylic acids is 2. The predicted molar refractivity (Wildman–Crippen MR) is 99.8 cm³/mol. The monoisotopic (exact) mass is 391 g/mol. The number of nitrogens with zero attached hydrogens (tertiary/aromatic N) is 2.